The molecule has 0 spiro atoms. The maximum Gasteiger partial charge on any atom is 0.271 e. The molecule has 2 heterocycles. The second-order valence-electron chi connectivity index (χ2n) is 11.7. The maximum atomic E-state index is 14.2. The molecule has 6 rings (SSSR count). The predicted molar refractivity (Wildman–Crippen MR) is 190 cm³/mol. The molecular formula is C39H36FN3O5S. The van der Waals surface area contributed by atoms with Gasteiger partial charge in [0.15, 0.2) is 16.3 Å². The molecule has 0 unspecified atom stereocenters. The average Bonchev–Trinajstić information content (AvgIpc) is 3.39. The number of rotatable bonds is 10. The number of methoxy groups -OCH3 is 1. The normalized spacial score (nSPS) is 14.2. The predicted octanol–water partition coefficient (Wildman–Crippen LogP) is 6.62. The summed E-state index contributed by atoms with van der Waals surface area (Å²) in [6.07, 6.45) is 1.79. The summed E-state index contributed by atoms with van der Waals surface area (Å²) in [5.41, 5.74) is 5.64. The van der Waals surface area contributed by atoms with Gasteiger partial charge in [-0.15, -0.1) is 0 Å². The van der Waals surface area contributed by atoms with E-state index in [0.29, 0.717) is 50.1 Å². The molecule has 0 bridgehead atoms. The monoisotopic (exact) mass is 677 g/mol. The Kier molecular flexibility index (Phi) is 9.77. The lowest BCUT2D eigenvalue weighted by Crippen LogP contribution is -2.40. The number of hydrogen-bond donors (Lipinski definition) is 1. The van der Waals surface area contributed by atoms with Gasteiger partial charge in [0.2, 0.25) is 0 Å². The van der Waals surface area contributed by atoms with E-state index in [0.717, 1.165) is 27.8 Å². The highest BCUT2D eigenvalue weighted by molar-refractivity contribution is 7.07. The largest absolute Gasteiger partial charge is 0.497 e. The van der Waals surface area contributed by atoms with Crippen molar-refractivity contribution >= 4 is 29.0 Å². The Labute approximate surface area is 287 Å². The highest BCUT2D eigenvalue weighted by Crippen LogP contribution is 2.33. The van der Waals surface area contributed by atoms with Crippen LogP contribution in [0.2, 0.25) is 0 Å². The summed E-state index contributed by atoms with van der Waals surface area (Å²) < 4.78 is 32.6. The third-order valence-corrected chi connectivity index (χ3v) is 9.18. The minimum absolute atomic E-state index is 0.238. The number of nitrogens with zero attached hydrogens (tertiary/aromatic N) is 2. The Morgan fingerprint density at radius 1 is 0.959 bits per heavy atom. The average molecular weight is 678 g/mol. The smallest absolute Gasteiger partial charge is 0.271 e. The van der Waals surface area contributed by atoms with Gasteiger partial charge in [-0.2, -0.15) is 0 Å². The zero-order valence-corrected chi connectivity index (χ0v) is 28.7. The van der Waals surface area contributed by atoms with Crippen LogP contribution in [0.1, 0.15) is 47.7 Å². The first-order chi connectivity index (χ1) is 23.6. The number of carbonyl (C=O) groups is 1. The van der Waals surface area contributed by atoms with Crippen LogP contribution in [0.5, 0.6) is 17.2 Å². The molecule has 1 N–H and O–H groups in total. The number of allylic oxidation sites excluding steroid dienone is 1. The number of benzene rings is 4. The molecule has 4 aromatic carbocycles. The first-order valence-corrected chi connectivity index (χ1v) is 16.7. The van der Waals surface area contributed by atoms with Gasteiger partial charge in [0.1, 0.15) is 18.2 Å². The van der Waals surface area contributed by atoms with Crippen LogP contribution in [0.4, 0.5) is 10.1 Å². The maximum absolute atomic E-state index is 14.2. The van der Waals surface area contributed by atoms with E-state index in [1.807, 2.05) is 75.4 Å². The number of ether oxygens (including phenoxy) is 3. The lowest BCUT2D eigenvalue weighted by atomic mass is 9.95. The molecule has 0 aliphatic carbocycles. The summed E-state index contributed by atoms with van der Waals surface area (Å²) in [6.45, 7) is 8.27. The van der Waals surface area contributed by atoms with E-state index in [1.165, 1.54) is 23.5 Å². The SMILES string of the molecule is CCOc1cc(/C=c2/sc3n(c2=O)[C@H](c2ccc(OC)cc2)C(C(=O)Nc2ccc(C)cc2C)=C(C)N=3)ccc1OCc1ccc(F)cc1. The topological polar surface area (TPSA) is 91.2 Å². The van der Waals surface area contributed by atoms with Crippen molar-refractivity contribution in [1.29, 1.82) is 0 Å². The number of hydrogen-bond acceptors (Lipinski definition) is 7. The van der Waals surface area contributed by atoms with E-state index in [1.54, 1.807) is 42.9 Å². The van der Waals surface area contributed by atoms with Crippen molar-refractivity contribution in [3.05, 3.63) is 150 Å². The van der Waals surface area contributed by atoms with Crippen LogP contribution < -0.4 is 34.4 Å². The summed E-state index contributed by atoms with van der Waals surface area (Å²) in [6, 6.07) is 24.0. The van der Waals surface area contributed by atoms with Crippen molar-refractivity contribution in [3.8, 4) is 17.2 Å². The molecule has 1 atom stereocenters. The first kappa shape index (κ1) is 33.4. The van der Waals surface area contributed by atoms with Crippen LogP contribution in [-0.2, 0) is 11.4 Å². The summed E-state index contributed by atoms with van der Waals surface area (Å²) in [4.78, 5) is 33.5. The molecule has 0 saturated heterocycles. The summed E-state index contributed by atoms with van der Waals surface area (Å²) in [5.74, 6) is 1.06. The molecule has 250 valence electrons. The number of carbonyl (C=O) groups excluding carboxylic acids is 1. The van der Waals surface area contributed by atoms with Gasteiger partial charge in [-0.1, -0.05) is 59.4 Å². The molecule has 1 amide bonds. The van der Waals surface area contributed by atoms with Gasteiger partial charge in [-0.05, 0) is 98.5 Å². The van der Waals surface area contributed by atoms with Gasteiger partial charge >= 0.3 is 0 Å². The molecule has 10 heteroatoms. The second kappa shape index (κ2) is 14.3. The summed E-state index contributed by atoms with van der Waals surface area (Å²) >= 11 is 1.26. The van der Waals surface area contributed by atoms with E-state index < -0.39 is 6.04 Å². The number of halogens is 1. The molecule has 5 aromatic rings. The quantitative estimate of drug-likeness (QED) is 0.180. The molecular weight excluding hydrogens is 642 g/mol. The number of aryl methyl sites for hydroxylation is 2. The first-order valence-electron chi connectivity index (χ1n) is 15.8. The van der Waals surface area contributed by atoms with Crippen LogP contribution in [0, 0.1) is 19.7 Å². The van der Waals surface area contributed by atoms with E-state index in [9.17, 15) is 14.0 Å². The van der Waals surface area contributed by atoms with Crippen LogP contribution in [-0.4, -0.2) is 24.2 Å². The van der Waals surface area contributed by atoms with Gasteiger partial charge in [-0.25, -0.2) is 9.38 Å². The number of thiazole rings is 1. The van der Waals surface area contributed by atoms with E-state index in [2.05, 4.69) is 5.32 Å². The van der Waals surface area contributed by atoms with Gasteiger partial charge in [0.05, 0.1) is 35.6 Å². The fraction of sp³-hybridized carbons (Fsp3) is 0.205. The van der Waals surface area contributed by atoms with Crippen molar-refractivity contribution in [2.45, 2.75) is 40.3 Å². The second-order valence-corrected chi connectivity index (χ2v) is 12.7. The number of anilines is 1. The Bertz CT molecular complexity index is 2240. The number of fused-ring (bicyclic) bond motifs is 1. The Morgan fingerprint density at radius 2 is 1.71 bits per heavy atom. The number of nitrogens with one attached hydrogen (secondary N) is 1. The fourth-order valence-corrected chi connectivity index (χ4v) is 6.80. The van der Waals surface area contributed by atoms with Crippen LogP contribution in [0.3, 0.4) is 0 Å². The minimum atomic E-state index is -0.726. The number of amides is 1. The van der Waals surface area contributed by atoms with Gasteiger partial charge in [0, 0.05) is 5.69 Å². The molecule has 1 aromatic heterocycles. The van der Waals surface area contributed by atoms with Gasteiger partial charge < -0.3 is 19.5 Å². The van der Waals surface area contributed by atoms with Crippen LogP contribution in [0.25, 0.3) is 6.08 Å². The molecule has 0 radical (unpaired) electrons. The standard InChI is InChI=1S/C39H36FN3O5S/c1-6-47-33-20-27(10-18-32(33)48-22-26-8-13-29(40)14-9-26)21-34-38(45)43-36(28-11-15-30(46-5)16-12-28)35(25(4)41-39(43)49-34)37(44)42-31-17-7-23(2)19-24(31)3/h7-21,36H,6,22H2,1-5H3,(H,42,44)/b34-21+/t36-/m1/s1. The highest BCUT2D eigenvalue weighted by atomic mass is 32.1. The van der Waals surface area contributed by atoms with E-state index in [-0.39, 0.29) is 23.9 Å². The molecule has 1 aliphatic rings. The summed E-state index contributed by atoms with van der Waals surface area (Å²) in [7, 11) is 1.59. The third-order valence-electron chi connectivity index (χ3n) is 8.20. The van der Waals surface area contributed by atoms with Crippen molar-refractivity contribution in [2.75, 3.05) is 19.0 Å². The highest BCUT2D eigenvalue weighted by Gasteiger charge is 2.32. The molecule has 49 heavy (non-hydrogen) atoms. The van der Waals surface area contributed by atoms with Crippen molar-refractivity contribution < 1.29 is 23.4 Å². The summed E-state index contributed by atoms with van der Waals surface area (Å²) in [5, 5.41) is 3.06. The lowest BCUT2D eigenvalue weighted by Gasteiger charge is -2.25. The Hall–Kier alpha value is -5.48. The zero-order chi connectivity index (χ0) is 34.7. The van der Waals surface area contributed by atoms with Crippen molar-refractivity contribution in [2.24, 2.45) is 4.99 Å². The third kappa shape index (κ3) is 7.19. The number of aromatic nitrogens is 1. The molecule has 0 fully saturated rings. The van der Waals surface area contributed by atoms with E-state index >= 15 is 0 Å². The van der Waals surface area contributed by atoms with Crippen LogP contribution in [0.15, 0.2) is 106 Å². The van der Waals surface area contributed by atoms with E-state index in [4.69, 9.17) is 19.2 Å². The lowest BCUT2D eigenvalue weighted by molar-refractivity contribution is -0.113. The minimum Gasteiger partial charge on any atom is -0.497 e. The van der Waals surface area contributed by atoms with Crippen molar-refractivity contribution in [1.82, 2.24) is 4.57 Å². The fourth-order valence-electron chi connectivity index (χ4n) is 5.75. The molecule has 0 saturated carbocycles. The van der Waals surface area contributed by atoms with Gasteiger partial charge in [-0.3, -0.25) is 14.2 Å². The Morgan fingerprint density at radius 3 is 2.41 bits per heavy atom. The molecule has 8 nitrogen and oxygen atoms in total. The van der Waals surface area contributed by atoms with Gasteiger partial charge in [0.25, 0.3) is 11.5 Å². The molecule has 1 aliphatic heterocycles. The van der Waals surface area contributed by atoms with Crippen molar-refractivity contribution in [3.63, 3.8) is 0 Å². The zero-order valence-electron chi connectivity index (χ0n) is 27.9. The Balaban J connectivity index is 1.39. The van der Waals surface area contributed by atoms with Crippen LogP contribution >= 0.6 is 11.3 Å².